The van der Waals surface area contributed by atoms with Gasteiger partial charge in [-0.1, -0.05) is 45.0 Å². The Kier molecular flexibility index (Phi) is 6.55. The molecule has 132 valence electrons. The smallest absolute Gasteiger partial charge is 0.0982 e. The van der Waals surface area contributed by atoms with E-state index in [-0.39, 0.29) is 5.41 Å². The molecule has 0 aliphatic heterocycles. The summed E-state index contributed by atoms with van der Waals surface area (Å²) in [5, 5.41) is 6.89. The first-order valence-corrected chi connectivity index (χ1v) is 9.57. The first-order chi connectivity index (χ1) is 11.3. The fraction of sp³-hybridized carbons (Fsp3) is 0.550. The van der Waals surface area contributed by atoms with Crippen LogP contribution in [0.2, 0.25) is 0 Å². The molecule has 0 saturated carbocycles. The molecule has 4 heteroatoms. The highest BCUT2D eigenvalue weighted by Gasteiger charge is 2.17. The van der Waals surface area contributed by atoms with E-state index in [1.54, 1.807) is 11.3 Å². The average molecular weight is 346 g/mol. The molecule has 24 heavy (non-hydrogen) atoms. The van der Waals surface area contributed by atoms with E-state index < -0.39 is 0 Å². The lowest BCUT2D eigenvalue weighted by molar-refractivity contribution is 0.266. The average Bonchev–Trinajstić information content (AvgIpc) is 2.96. The quantitative estimate of drug-likeness (QED) is 0.797. The summed E-state index contributed by atoms with van der Waals surface area (Å²) in [6.45, 7) is 13.8. The molecule has 0 saturated heterocycles. The molecule has 1 N–H and O–H groups in total. The van der Waals surface area contributed by atoms with Crippen molar-refractivity contribution in [1.29, 1.82) is 0 Å². The van der Waals surface area contributed by atoms with Gasteiger partial charge in [-0.15, -0.1) is 11.3 Å². The van der Waals surface area contributed by atoms with Gasteiger partial charge < -0.3 is 5.32 Å². The van der Waals surface area contributed by atoms with Gasteiger partial charge >= 0.3 is 0 Å². The second-order valence-electron chi connectivity index (χ2n) is 7.83. The first kappa shape index (κ1) is 19.1. The zero-order valence-corrected chi connectivity index (χ0v) is 16.7. The van der Waals surface area contributed by atoms with Crippen LogP contribution in [0.15, 0.2) is 29.6 Å². The Labute approximate surface area is 151 Å². The summed E-state index contributed by atoms with van der Waals surface area (Å²) in [6, 6.07) is 9.41. The van der Waals surface area contributed by atoms with Crippen LogP contribution in [-0.2, 0) is 25.0 Å². The minimum absolute atomic E-state index is 0.139. The summed E-state index contributed by atoms with van der Waals surface area (Å²) in [4.78, 5) is 7.10. The van der Waals surface area contributed by atoms with Crippen LogP contribution in [0.4, 0.5) is 0 Å². The van der Waals surface area contributed by atoms with Crippen molar-refractivity contribution in [2.24, 2.45) is 0 Å². The van der Waals surface area contributed by atoms with E-state index in [0.717, 1.165) is 25.3 Å². The maximum absolute atomic E-state index is 4.74. The Hall–Kier alpha value is -1.23. The van der Waals surface area contributed by atoms with Crippen LogP contribution in [0.1, 0.15) is 56.4 Å². The van der Waals surface area contributed by atoms with Crippen LogP contribution < -0.4 is 5.32 Å². The molecule has 3 nitrogen and oxygen atoms in total. The highest BCUT2D eigenvalue weighted by atomic mass is 32.1. The molecule has 0 radical (unpaired) electrons. The van der Waals surface area contributed by atoms with Crippen molar-refractivity contribution < 1.29 is 0 Å². The number of benzene rings is 1. The lowest BCUT2D eigenvalue weighted by Gasteiger charge is -2.21. The topological polar surface area (TPSA) is 28.2 Å². The highest BCUT2D eigenvalue weighted by Crippen LogP contribution is 2.25. The van der Waals surface area contributed by atoms with Crippen LogP contribution in [0, 0.1) is 0 Å². The molecule has 1 aromatic carbocycles. The normalized spacial score (nSPS) is 12.3. The molecule has 1 aromatic heterocycles. The molecule has 1 heterocycles. The van der Waals surface area contributed by atoms with Crippen LogP contribution in [0.5, 0.6) is 0 Å². The molecular formula is C20H31N3S. The van der Waals surface area contributed by atoms with E-state index in [4.69, 9.17) is 4.98 Å². The minimum Gasteiger partial charge on any atom is -0.307 e. The van der Waals surface area contributed by atoms with Gasteiger partial charge in [-0.25, -0.2) is 4.98 Å². The molecule has 0 bridgehead atoms. The molecule has 0 aliphatic carbocycles. The Morgan fingerprint density at radius 2 is 1.88 bits per heavy atom. The fourth-order valence-corrected chi connectivity index (χ4v) is 3.28. The summed E-state index contributed by atoms with van der Waals surface area (Å²) >= 11 is 1.76. The monoisotopic (exact) mass is 345 g/mol. The maximum Gasteiger partial charge on any atom is 0.0982 e. The summed E-state index contributed by atoms with van der Waals surface area (Å²) in [6.07, 6.45) is 0. The van der Waals surface area contributed by atoms with E-state index in [1.165, 1.54) is 16.1 Å². The Morgan fingerprint density at radius 3 is 2.50 bits per heavy atom. The zero-order chi connectivity index (χ0) is 17.7. The molecule has 0 aliphatic rings. The van der Waals surface area contributed by atoms with E-state index >= 15 is 0 Å². The fourth-order valence-electron chi connectivity index (χ4n) is 2.38. The lowest BCUT2D eigenvalue weighted by Crippen LogP contribution is -2.25. The number of thiazole rings is 1. The Balaban J connectivity index is 1.87. The third-order valence-corrected chi connectivity index (χ3v) is 5.45. The van der Waals surface area contributed by atoms with E-state index in [0.29, 0.717) is 6.04 Å². The highest BCUT2D eigenvalue weighted by molar-refractivity contribution is 7.09. The molecule has 0 spiro atoms. The SMILES string of the molecule is CC(C)N(C)Cc1cccc(CNCc2csc(C(C)(C)C)n2)c1. The summed E-state index contributed by atoms with van der Waals surface area (Å²) in [5.74, 6) is 0. The van der Waals surface area contributed by atoms with Crippen LogP contribution in [-0.4, -0.2) is 23.0 Å². The van der Waals surface area contributed by atoms with Gasteiger partial charge in [0.15, 0.2) is 0 Å². The number of nitrogens with one attached hydrogen (secondary N) is 1. The molecule has 0 amide bonds. The predicted molar refractivity (Wildman–Crippen MR) is 104 cm³/mol. The van der Waals surface area contributed by atoms with Crippen molar-refractivity contribution in [3.8, 4) is 0 Å². The minimum atomic E-state index is 0.139. The summed E-state index contributed by atoms with van der Waals surface area (Å²) in [7, 11) is 2.17. The zero-order valence-electron chi connectivity index (χ0n) is 15.9. The van der Waals surface area contributed by atoms with Crippen molar-refractivity contribution in [2.45, 2.75) is 65.7 Å². The standard InChI is InChI=1S/C20H31N3S/c1-15(2)23(6)13-17-9-7-8-16(10-17)11-21-12-18-14-24-19(22-18)20(3,4)5/h7-10,14-15,21H,11-13H2,1-6H3. The maximum atomic E-state index is 4.74. The van der Waals surface area contributed by atoms with Gasteiger partial charge in [-0.3, -0.25) is 4.90 Å². The van der Waals surface area contributed by atoms with E-state index in [1.807, 2.05) is 0 Å². The molecule has 2 aromatic rings. The summed E-state index contributed by atoms with van der Waals surface area (Å²) in [5.41, 5.74) is 3.98. The number of hydrogen-bond acceptors (Lipinski definition) is 4. The molecule has 2 rings (SSSR count). The molecular weight excluding hydrogens is 314 g/mol. The van der Waals surface area contributed by atoms with Gasteiger partial charge in [0.25, 0.3) is 0 Å². The van der Waals surface area contributed by atoms with Crippen LogP contribution in [0.3, 0.4) is 0 Å². The van der Waals surface area contributed by atoms with Crippen molar-refractivity contribution >= 4 is 11.3 Å². The second-order valence-corrected chi connectivity index (χ2v) is 8.68. The molecule has 0 atom stereocenters. The van der Waals surface area contributed by atoms with E-state index in [2.05, 4.69) is 81.5 Å². The van der Waals surface area contributed by atoms with Crippen molar-refractivity contribution in [3.05, 3.63) is 51.5 Å². The van der Waals surface area contributed by atoms with Crippen molar-refractivity contribution in [2.75, 3.05) is 7.05 Å². The predicted octanol–water partition coefficient (Wildman–Crippen LogP) is 4.57. The van der Waals surface area contributed by atoms with Gasteiger partial charge in [-0.05, 0) is 32.0 Å². The Bertz CT molecular complexity index is 640. The third kappa shape index (κ3) is 5.69. The van der Waals surface area contributed by atoms with Crippen LogP contribution in [0.25, 0.3) is 0 Å². The van der Waals surface area contributed by atoms with Gasteiger partial charge in [0.1, 0.15) is 0 Å². The van der Waals surface area contributed by atoms with Gasteiger partial charge in [0, 0.05) is 36.5 Å². The van der Waals surface area contributed by atoms with Gasteiger partial charge in [0.2, 0.25) is 0 Å². The number of rotatable bonds is 7. The molecule has 0 fully saturated rings. The molecule has 0 unspecified atom stereocenters. The summed E-state index contributed by atoms with van der Waals surface area (Å²) < 4.78 is 0. The van der Waals surface area contributed by atoms with Crippen molar-refractivity contribution in [3.63, 3.8) is 0 Å². The number of hydrogen-bond donors (Lipinski definition) is 1. The lowest BCUT2D eigenvalue weighted by atomic mass is 9.98. The van der Waals surface area contributed by atoms with Gasteiger partial charge in [-0.2, -0.15) is 0 Å². The number of aromatic nitrogens is 1. The van der Waals surface area contributed by atoms with Crippen LogP contribution >= 0.6 is 11.3 Å². The van der Waals surface area contributed by atoms with Gasteiger partial charge in [0.05, 0.1) is 10.7 Å². The Morgan fingerprint density at radius 1 is 1.17 bits per heavy atom. The second kappa shape index (κ2) is 8.24. The third-order valence-electron chi connectivity index (χ3n) is 4.13. The van der Waals surface area contributed by atoms with Crippen molar-refractivity contribution in [1.82, 2.24) is 15.2 Å². The largest absolute Gasteiger partial charge is 0.307 e. The number of nitrogens with zero attached hydrogens (tertiary/aromatic N) is 2. The van der Waals surface area contributed by atoms with E-state index in [9.17, 15) is 0 Å². The first-order valence-electron chi connectivity index (χ1n) is 8.69.